The van der Waals surface area contributed by atoms with Crippen molar-refractivity contribution < 1.29 is 19.0 Å². The first kappa shape index (κ1) is 13.9. The quantitative estimate of drug-likeness (QED) is 0.851. The van der Waals surface area contributed by atoms with Crippen LogP contribution in [0.5, 0.6) is 11.5 Å². The van der Waals surface area contributed by atoms with Crippen LogP contribution in [0.3, 0.4) is 0 Å². The maximum Gasteiger partial charge on any atom is 0.161 e. The third-order valence-corrected chi connectivity index (χ3v) is 3.94. The van der Waals surface area contributed by atoms with Crippen LogP contribution in [0.15, 0.2) is 18.2 Å². The smallest absolute Gasteiger partial charge is 0.161 e. The van der Waals surface area contributed by atoms with E-state index in [1.807, 2.05) is 0 Å². The minimum Gasteiger partial charge on any atom is -0.486 e. The SMILES string of the molecule is N#CC(C(=O)C1CCOCC1)c1ccc2c(c1)OCCO2. The predicted molar refractivity (Wildman–Crippen MR) is 74.3 cm³/mol. The second kappa shape index (κ2) is 6.15. The molecule has 1 aromatic rings. The van der Waals surface area contributed by atoms with Crippen molar-refractivity contribution in [3.63, 3.8) is 0 Å². The van der Waals surface area contributed by atoms with E-state index in [-0.39, 0.29) is 11.7 Å². The molecule has 5 heteroatoms. The molecule has 0 N–H and O–H groups in total. The van der Waals surface area contributed by atoms with Gasteiger partial charge in [0.15, 0.2) is 17.3 Å². The largest absolute Gasteiger partial charge is 0.486 e. The molecule has 0 aromatic heterocycles. The Kier molecular flexibility index (Phi) is 4.07. The summed E-state index contributed by atoms with van der Waals surface area (Å²) >= 11 is 0. The van der Waals surface area contributed by atoms with Crippen LogP contribution < -0.4 is 9.47 Å². The molecule has 0 saturated carbocycles. The van der Waals surface area contributed by atoms with Gasteiger partial charge in [-0.15, -0.1) is 0 Å². The molecule has 2 aliphatic heterocycles. The summed E-state index contributed by atoms with van der Waals surface area (Å²) in [6.07, 6.45) is 1.39. The highest BCUT2D eigenvalue weighted by Gasteiger charge is 2.30. The molecule has 2 aliphatic rings. The highest BCUT2D eigenvalue weighted by atomic mass is 16.6. The van der Waals surface area contributed by atoms with E-state index in [2.05, 4.69) is 6.07 Å². The summed E-state index contributed by atoms with van der Waals surface area (Å²) < 4.78 is 16.2. The van der Waals surface area contributed by atoms with Gasteiger partial charge in [-0.25, -0.2) is 0 Å². The number of Topliss-reactive ketones (excluding diaryl/α,β-unsaturated/α-hetero) is 1. The molecule has 0 bridgehead atoms. The maximum atomic E-state index is 12.5. The molecule has 1 saturated heterocycles. The Bertz CT molecular complexity index is 572. The van der Waals surface area contributed by atoms with Crippen LogP contribution in [0.25, 0.3) is 0 Å². The fourth-order valence-electron chi connectivity index (χ4n) is 2.76. The first-order valence-electron chi connectivity index (χ1n) is 7.20. The van der Waals surface area contributed by atoms with E-state index in [9.17, 15) is 10.1 Å². The van der Waals surface area contributed by atoms with E-state index < -0.39 is 5.92 Å². The van der Waals surface area contributed by atoms with Gasteiger partial charge in [0, 0.05) is 19.1 Å². The number of carbonyl (C=O) groups excluding carboxylic acids is 1. The minimum atomic E-state index is -0.746. The molecule has 0 aliphatic carbocycles. The topological polar surface area (TPSA) is 68.6 Å². The van der Waals surface area contributed by atoms with E-state index >= 15 is 0 Å². The van der Waals surface area contributed by atoms with Crippen LogP contribution in [0, 0.1) is 17.2 Å². The molecular weight excluding hydrogens is 270 g/mol. The summed E-state index contributed by atoms with van der Waals surface area (Å²) in [5.41, 5.74) is 0.679. The van der Waals surface area contributed by atoms with Crippen molar-refractivity contribution in [3.8, 4) is 17.6 Å². The number of benzene rings is 1. The van der Waals surface area contributed by atoms with Gasteiger partial charge >= 0.3 is 0 Å². The molecular formula is C16H17NO4. The molecule has 0 spiro atoms. The Morgan fingerprint density at radius 2 is 1.86 bits per heavy atom. The van der Waals surface area contributed by atoms with Gasteiger partial charge in [-0.2, -0.15) is 5.26 Å². The van der Waals surface area contributed by atoms with E-state index in [1.54, 1.807) is 18.2 Å². The lowest BCUT2D eigenvalue weighted by atomic mass is 9.84. The van der Waals surface area contributed by atoms with Gasteiger partial charge in [0.05, 0.1) is 6.07 Å². The van der Waals surface area contributed by atoms with Crippen molar-refractivity contribution in [2.75, 3.05) is 26.4 Å². The third kappa shape index (κ3) is 2.86. The molecule has 0 radical (unpaired) electrons. The molecule has 0 amide bonds. The number of nitrogens with zero attached hydrogens (tertiary/aromatic N) is 1. The van der Waals surface area contributed by atoms with Crippen molar-refractivity contribution in [2.24, 2.45) is 5.92 Å². The van der Waals surface area contributed by atoms with Gasteiger partial charge in [-0.1, -0.05) is 6.07 Å². The van der Waals surface area contributed by atoms with Crippen molar-refractivity contribution in [1.29, 1.82) is 5.26 Å². The predicted octanol–water partition coefficient (Wildman–Crippen LogP) is 2.06. The Balaban J connectivity index is 1.82. The van der Waals surface area contributed by atoms with Crippen molar-refractivity contribution >= 4 is 5.78 Å². The zero-order valence-electron chi connectivity index (χ0n) is 11.7. The second-order valence-electron chi connectivity index (χ2n) is 5.25. The van der Waals surface area contributed by atoms with E-state index in [4.69, 9.17) is 14.2 Å². The molecule has 2 heterocycles. The van der Waals surface area contributed by atoms with Crippen LogP contribution >= 0.6 is 0 Å². The lowest BCUT2D eigenvalue weighted by molar-refractivity contribution is -0.126. The van der Waals surface area contributed by atoms with E-state index in [1.165, 1.54) is 0 Å². The number of ether oxygens (including phenoxy) is 3. The standard InChI is InChI=1S/C16H17NO4/c17-10-13(16(18)11-3-5-19-6-4-11)12-1-2-14-15(9-12)21-8-7-20-14/h1-2,9,11,13H,3-8H2. The second-order valence-corrected chi connectivity index (χ2v) is 5.25. The highest BCUT2D eigenvalue weighted by molar-refractivity contribution is 5.90. The van der Waals surface area contributed by atoms with Gasteiger partial charge in [0.2, 0.25) is 0 Å². The highest BCUT2D eigenvalue weighted by Crippen LogP contribution is 2.34. The van der Waals surface area contributed by atoms with Gasteiger partial charge in [-0.3, -0.25) is 4.79 Å². The lowest BCUT2D eigenvalue weighted by Crippen LogP contribution is -2.27. The van der Waals surface area contributed by atoms with E-state index in [0.717, 1.165) is 0 Å². The lowest BCUT2D eigenvalue weighted by Gasteiger charge is -2.24. The summed E-state index contributed by atoms with van der Waals surface area (Å²) in [6, 6.07) is 7.43. The summed E-state index contributed by atoms with van der Waals surface area (Å²) in [6.45, 7) is 2.20. The Hall–Kier alpha value is -2.06. The van der Waals surface area contributed by atoms with Crippen LogP contribution in [0.4, 0.5) is 0 Å². The Labute approximate surface area is 123 Å². The van der Waals surface area contributed by atoms with Crippen molar-refractivity contribution in [2.45, 2.75) is 18.8 Å². The summed E-state index contributed by atoms with van der Waals surface area (Å²) in [4.78, 5) is 12.5. The number of nitriles is 1. The monoisotopic (exact) mass is 287 g/mol. The fourth-order valence-corrected chi connectivity index (χ4v) is 2.76. The average molecular weight is 287 g/mol. The van der Waals surface area contributed by atoms with Crippen molar-refractivity contribution in [3.05, 3.63) is 23.8 Å². The molecule has 110 valence electrons. The van der Waals surface area contributed by atoms with E-state index in [0.29, 0.717) is 56.3 Å². The molecule has 1 fully saturated rings. The summed E-state index contributed by atoms with van der Waals surface area (Å²) in [7, 11) is 0. The number of ketones is 1. The Morgan fingerprint density at radius 1 is 1.14 bits per heavy atom. The van der Waals surface area contributed by atoms with Crippen LogP contribution in [0.2, 0.25) is 0 Å². The zero-order valence-corrected chi connectivity index (χ0v) is 11.7. The number of fused-ring (bicyclic) bond motifs is 1. The fraction of sp³-hybridized carbons (Fsp3) is 0.500. The third-order valence-electron chi connectivity index (χ3n) is 3.94. The van der Waals surface area contributed by atoms with Gasteiger partial charge in [-0.05, 0) is 30.5 Å². The first-order chi connectivity index (χ1) is 10.3. The van der Waals surface area contributed by atoms with Gasteiger partial charge in [0.25, 0.3) is 0 Å². The van der Waals surface area contributed by atoms with Crippen LogP contribution in [-0.4, -0.2) is 32.2 Å². The van der Waals surface area contributed by atoms with Crippen molar-refractivity contribution in [1.82, 2.24) is 0 Å². The molecule has 1 atom stereocenters. The average Bonchev–Trinajstić information content (AvgIpc) is 2.56. The molecule has 1 unspecified atom stereocenters. The molecule has 1 aromatic carbocycles. The first-order valence-corrected chi connectivity index (χ1v) is 7.20. The number of carbonyl (C=O) groups is 1. The summed E-state index contributed by atoms with van der Waals surface area (Å²) in [5.74, 6) is 0.428. The Morgan fingerprint density at radius 3 is 2.57 bits per heavy atom. The number of hydrogen-bond acceptors (Lipinski definition) is 5. The molecule has 21 heavy (non-hydrogen) atoms. The van der Waals surface area contributed by atoms with Crippen LogP contribution in [0.1, 0.15) is 24.3 Å². The maximum absolute atomic E-state index is 12.5. The minimum absolute atomic E-state index is 0.0162. The van der Waals surface area contributed by atoms with Gasteiger partial charge < -0.3 is 14.2 Å². The molecule has 3 rings (SSSR count). The number of hydrogen-bond donors (Lipinski definition) is 0. The van der Waals surface area contributed by atoms with Crippen LogP contribution in [-0.2, 0) is 9.53 Å². The zero-order chi connectivity index (χ0) is 14.7. The molecule has 5 nitrogen and oxygen atoms in total. The van der Waals surface area contributed by atoms with Gasteiger partial charge in [0.1, 0.15) is 19.1 Å². The summed E-state index contributed by atoms with van der Waals surface area (Å²) in [5, 5.41) is 9.41. The normalized spacial score (nSPS) is 19.6. The number of rotatable bonds is 3.